The molecule has 2 heteroatoms. The highest BCUT2D eigenvalue weighted by atomic mass is 16.5. The van der Waals surface area contributed by atoms with Gasteiger partial charge in [0.2, 0.25) is 0 Å². The molecule has 0 aliphatic rings. The minimum Gasteiger partial charge on any atom is -0.383 e. The summed E-state index contributed by atoms with van der Waals surface area (Å²) in [6, 6.07) is 0. The lowest BCUT2D eigenvalue weighted by molar-refractivity contribution is 0.196. The van der Waals surface area contributed by atoms with Gasteiger partial charge in [-0.05, 0) is 37.1 Å². The summed E-state index contributed by atoms with van der Waals surface area (Å²) >= 11 is 0. The molecule has 0 rings (SSSR count). The van der Waals surface area contributed by atoms with E-state index in [1.165, 1.54) is 25.7 Å². The van der Waals surface area contributed by atoms with Crippen molar-refractivity contribution in [2.45, 2.75) is 53.4 Å². The monoisotopic (exact) mass is 229 g/mol. The second-order valence-corrected chi connectivity index (χ2v) is 5.95. The molecular weight excluding hydrogens is 198 g/mol. The normalized spacial score (nSPS) is 14.1. The molecular formula is C14H31NO. The highest BCUT2D eigenvalue weighted by molar-refractivity contribution is 4.68. The maximum Gasteiger partial charge on any atom is 0.0587 e. The molecule has 0 aromatic rings. The summed E-state index contributed by atoms with van der Waals surface area (Å²) in [6.07, 6.45) is 5.30. The Labute approximate surface area is 102 Å². The Hall–Kier alpha value is -0.0800. The zero-order chi connectivity index (χ0) is 12.4. The van der Waals surface area contributed by atoms with Crippen LogP contribution in [0.4, 0.5) is 0 Å². The standard InChI is InChI=1S/C14H31NO/c1-6-7-13(8-9-14(2,3)4)12-15-10-11-16-5/h13,15H,6-12H2,1-5H3. The lowest BCUT2D eigenvalue weighted by Gasteiger charge is -2.23. The van der Waals surface area contributed by atoms with Crippen LogP contribution in [0.3, 0.4) is 0 Å². The van der Waals surface area contributed by atoms with E-state index in [2.05, 4.69) is 33.0 Å². The number of ether oxygens (including phenoxy) is 1. The molecule has 16 heavy (non-hydrogen) atoms. The first-order valence-corrected chi connectivity index (χ1v) is 6.69. The average molecular weight is 229 g/mol. The number of methoxy groups -OCH3 is 1. The Bertz CT molecular complexity index is 151. The number of rotatable bonds is 9. The van der Waals surface area contributed by atoms with Crippen molar-refractivity contribution in [2.75, 3.05) is 26.8 Å². The van der Waals surface area contributed by atoms with Crippen LogP contribution in [0, 0.1) is 11.3 Å². The first-order chi connectivity index (χ1) is 7.49. The Morgan fingerprint density at radius 2 is 1.88 bits per heavy atom. The van der Waals surface area contributed by atoms with E-state index in [0.717, 1.165) is 25.6 Å². The average Bonchev–Trinajstić information content (AvgIpc) is 2.19. The molecule has 0 spiro atoms. The number of hydrogen-bond acceptors (Lipinski definition) is 2. The summed E-state index contributed by atoms with van der Waals surface area (Å²) in [7, 11) is 1.75. The van der Waals surface area contributed by atoms with E-state index in [4.69, 9.17) is 4.74 Å². The van der Waals surface area contributed by atoms with Crippen LogP contribution in [0.15, 0.2) is 0 Å². The summed E-state index contributed by atoms with van der Waals surface area (Å²) in [5.41, 5.74) is 0.471. The second-order valence-electron chi connectivity index (χ2n) is 5.95. The summed E-state index contributed by atoms with van der Waals surface area (Å²) in [6.45, 7) is 12.2. The first kappa shape index (κ1) is 15.9. The van der Waals surface area contributed by atoms with E-state index >= 15 is 0 Å². The summed E-state index contributed by atoms with van der Waals surface area (Å²) in [5.74, 6) is 0.834. The van der Waals surface area contributed by atoms with Crippen LogP contribution < -0.4 is 5.32 Å². The first-order valence-electron chi connectivity index (χ1n) is 6.69. The molecule has 0 saturated heterocycles. The van der Waals surface area contributed by atoms with Crippen molar-refractivity contribution in [3.63, 3.8) is 0 Å². The zero-order valence-corrected chi connectivity index (χ0v) is 11.9. The van der Waals surface area contributed by atoms with Gasteiger partial charge in [0.1, 0.15) is 0 Å². The van der Waals surface area contributed by atoms with Crippen molar-refractivity contribution in [3.05, 3.63) is 0 Å². The molecule has 0 aromatic heterocycles. The zero-order valence-electron chi connectivity index (χ0n) is 11.9. The Balaban J connectivity index is 3.70. The smallest absolute Gasteiger partial charge is 0.0587 e. The topological polar surface area (TPSA) is 21.3 Å². The minimum atomic E-state index is 0.471. The molecule has 2 nitrogen and oxygen atoms in total. The van der Waals surface area contributed by atoms with Crippen LogP contribution >= 0.6 is 0 Å². The molecule has 98 valence electrons. The largest absolute Gasteiger partial charge is 0.383 e. The second kappa shape index (κ2) is 9.00. The van der Waals surface area contributed by atoms with Crippen molar-refractivity contribution in [1.29, 1.82) is 0 Å². The summed E-state index contributed by atoms with van der Waals surface area (Å²) in [4.78, 5) is 0. The van der Waals surface area contributed by atoms with Crippen molar-refractivity contribution < 1.29 is 4.74 Å². The Morgan fingerprint density at radius 1 is 1.19 bits per heavy atom. The van der Waals surface area contributed by atoms with Crippen LogP contribution in [0.1, 0.15) is 53.4 Å². The molecule has 1 unspecified atom stereocenters. The van der Waals surface area contributed by atoms with Crippen molar-refractivity contribution in [3.8, 4) is 0 Å². The molecule has 1 N–H and O–H groups in total. The van der Waals surface area contributed by atoms with E-state index in [9.17, 15) is 0 Å². The minimum absolute atomic E-state index is 0.471. The third-order valence-electron chi connectivity index (χ3n) is 2.92. The maximum absolute atomic E-state index is 5.04. The van der Waals surface area contributed by atoms with Gasteiger partial charge in [-0.1, -0.05) is 34.1 Å². The van der Waals surface area contributed by atoms with E-state index < -0.39 is 0 Å². The third-order valence-corrected chi connectivity index (χ3v) is 2.92. The van der Waals surface area contributed by atoms with Crippen molar-refractivity contribution in [2.24, 2.45) is 11.3 Å². The van der Waals surface area contributed by atoms with Crippen molar-refractivity contribution >= 4 is 0 Å². The molecule has 0 aromatic carbocycles. The van der Waals surface area contributed by atoms with Gasteiger partial charge in [-0.25, -0.2) is 0 Å². The van der Waals surface area contributed by atoms with E-state index in [1.807, 2.05) is 0 Å². The van der Waals surface area contributed by atoms with E-state index in [1.54, 1.807) is 7.11 Å². The van der Waals surface area contributed by atoms with Crippen LogP contribution in [-0.4, -0.2) is 26.8 Å². The van der Waals surface area contributed by atoms with Gasteiger partial charge >= 0.3 is 0 Å². The van der Waals surface area contributed by atoms with Gasteiger partial charge in [0.15, 0.2) is 0 Å². The summed E-state index contributed by atoms with van der Waals surface area (Å²) in [5, 5.41) is 3.48. The lowest BCUT2D eigenvalue weighted by Crippen LogP contribution is -2.26. The fourth-order valence-electron chi connectivity index (χ4n) is 1.87. The van der Waals surface area contributed by atoms with E-state index in [-0.39, 0.29) is 0 Å². The molecule has 0 aliphatic carbocycles. The van der Waals surface area contributed by atoms with Crippen LogP contribution in [-0.2, 0) is 4.74 Å². The molecule has 0 amide bonds. The molecule has 0 radical (unpaired) electrons. The number of hydrogen-bond donors (Lipinski definition) is 1. The molecule has 0 heterocycles. The van der Waals surface area contributed by atoms with Gasteiger partial charge in [0, 0.05) is 13.7 Å². The van der Waals surface area contributed by atoms with Gasteiger partial charge in [-0.3, -0.25) is 0 Å². The van der Waals surface area contributed by atoms with Crippen molar-refractivity contribution in [1.82, 2.24) is 5.32 Å². The van der Waals surface area contributed by atoms with E-state index in [0.29, 0.717) is 5.41 Å². The fraction of sp³-hybridized carbons (Fsp3) is 1.00. The van der Waals surface area contributed by atoms with Gasteiger partial charge in [-0.15, -0.1) is 0 Å². The van der Waals surface area contributed by atoms with Crippen LogP contribution in [0.25, 0.3) is 0 Å². The van der Waals surface area contributed by atoms with Gasteiger partial charge < -0.3 is 10.1 Å². The summed E-state index contributed by atoms with van der Waals surface area (Å²) < 4.78 is 5.04. The van der Waals surface area contributed by atoms with Gasteiger partial charge in [0.05, 0.1) is 6.61 Å². The Kier molecular flexibility index (Phi) is 8.96. The molecule has 0 aliphatic heterocycles. The predicted octanol–water partition coefficient (Wildman–Crippen LogP) is 3.47. The molecule has 0 bridgehead atoms. The highest BCUT2D eigenvalue weighted by Gasteiger charge is 2.14. The highest BCUT2D eigenvalue weighted by Crippen LogP contribution is 2.25. The Morgan fingerprint density at radius 3 is 2.38 bits per heavy atom. The maximum atomic E-state index is 5.04. The third kappa shape index (κ3) is 10.4. The quantitative estimate of drug-likeness (QED) is 0.611. The SMILES string of the molecule is CCCC(CCC(C)(C)C)CNCCOC. The van der Waals surface area contributed by atoms with Crippen LogP contribution in [0.2, 0.25) is 0 Å². The van der Waals surface area contributed by atoms with Crippen LogP contribution in [0.5, 0.6) is 0 Å². The fourth-order valence-corrected chi connectivity index (χ4v) is 1.87. The lowest BCUT2D eigenvalue weighted by atomic mass is 9.85. The molecule has 0 fully saturated rings. The molecule has 1 atom stereocenters. The van der Waals surface area contributed by atoms with Gasteiger partial charge in [0.25, 0.3) is 0 Å². The van der Waals surface area contributed by atoms with Gasteiger partial charge in [-0.2, -0.15) is 0 Å². The molecule has 0 saturated carbocycles. The predicted molar refractivity (Wildman–Crippen MR) is 71.8 cm³/mol. The number of nitrogens with one attached hydrogen (secondary N) is 1.